The second kappa shape index (κ2) is 6.07. The van der Waals surface area contributed by atoms with E-state index in [0.717, 1.165) is 4.47 Å². The number of amides is 1. The van der Waals surface area contributed by atoms with Crippen molar-refractivity contribution in [1.29, 1.82) is 0 Å². The van der Waals surface area contributed by atoms with E-state index in [1.54, 1.807) is 18.2 Å². The van der Waals surface area contributed by atoms with Gasteiger partial charge in [-0.1, -0.05) is 39.3 Å². The van der Waals surface area contributed by atoms with E-state index in [1.807, 2.05) is 0 Å². The van der Waals surface area contributed by atoms with E-state index in [4.69, 9.17) is 11.6 Å². The number of hydrogen-bond donors (Lipinski definition) is 1. The Balaban J connectivity index is 2.63. The van der Waals surface area contributed by atoms with Crippen LogP contribution in [0.15, 0.2) is 22.7 Å². The molecule has 1 aromatic rings. The molecular weight excluding hydrogens is 314 g/mol. The van der Waals surface area contributed by atoms with Crippen LogP contribution in [-0.4, -0.2) is 12.5 Å². The molecule has 100 valence electrons. The van der Waals surface area contributed by atoms with Gasteiger partial charge >= 0.3 is 0 Å². The zero-order valence-electron chi connectivity index (χ0n) is 11.2. The summed E-state index contributed by atoms with van der Waals surface area (Å²) in [4.78, 5) is 12.0. The fraction of sp³-hybridized carbons (Fsp3) is 0.500. The van der Waals surface area contributed by atoms with Gasteiger partial charge in [0.1, 0.15) is 0 Å². The average Bonchev–Trinajstić information content (AvgIpc) is 2.27. The molecule has 0 aliphatic rings. The molecule has 0 aliphatic carbocycles. The smallest absolute Gasteiger partial charge is 0.251 e. The van der Waals surface area contributed by atoms with E-state index in [0.29, 0.717) is 23.0 Å². The Hall–Kier alpha value is -0.540. The second-order valence-corrected chi connectivity index (χ2v) is 6.87. The maximum atomic E-state index is 12.0. The Morgan fingerprint density at radius 3 is 2.56 bits per heavy atom. The first-order valence-corrected chi connectivity index (χ1v) is 7.12. The Morgan fingerprint density at radius 1 is 1.44 bits per heavy atom. The highest BCUT2D eigenvalue weighted by Gasteiger charge is 2.20. The van der Waals surface area contributed by atoms with Crippen LogP contribution in [0.3, 0.4) is 0 Å². The standard InChI is InChI=1S/C14H19BrClNO/c1-9(14(2,3)4)8-17-13(18)10-5-6-11(15)12(16)7-10/h5-7,9H,8H2,1-4H3,(H,17,18). The van der Waals surface area contributed by atoms with Crippen LogP contribution >= 0.6 is 27.5 Å². The third kappa shape index (κ3) is 4.29. The van der Waals surface area contributed by atoms with Gasteiger partial charge in [-0.2, -0.15) is 0 Å². The van der Waals surface area contributed by atoms with Gasteiger partial charge in [-0.05, 0) is 45.5 Å². The molecule has 2 nitrogen and oxygen atoms in total. The summed E-state index contributed by atoms with van der Waals surface area (Å²) in [6, 6.07) is 5.21. The van der Waals surface area contributed by atoms with Gasteiger partial charge in [0.25, 0.3) is 5.91 Å². The molecule has 1 N–H and O–H groups in total. The molecule has 1 amide bonds. The Labute approximate surface area is 122 Å². The van der Waals surface area contributed by atoms with E-state index in [-0.39, 0.29) is 11.3 Å². The van der Waals surface area contributed by atoms with Crippen molar-refractivity contribution in [3.05, 3.63) is 33.3 Å². The summed E-state index contributed by atoms with van der Waals surface area (Å²) in [7, 11) is 0. The van der Waals surface area contributed by atoms with E-state index in [2.05, 4.69) is 48.9 Å². The lowest BCUT2D eigenvalue weighted by atomic mass is 9.82. The molecule has 0 saturated carbocycles. The van der Waals surface area contributed by atoms with Crippen LogP contribution in [0.2, 0.25) is 5.02 Å². The Kier molecular flexibility index (Phi) is 5.23. The third-order valence-electron chi connectivity index (χ3n) is 3.23. The largest absolute Gasteiger partial charge is 0.352 e. The zero-order chi connectivity index (χ0) is 13.9. The predicted molar refractivity (Wildman–Crippen MR) is 80.1 cm³/mol. The highest BCUT2D eigenvalue weighted by atomic mass is 79.9. The first-order chi connectivity index (χ1) is 8.21. The lowest BCUT2D eigenvalue weighted by Gasteiger charge is -2.27. The molecule has 0 saturated heterocycles. The Bertz CT molecular complexity index is 440. The van der Waals surface area contributed by atoms with E-state index < -0.39 is 0 Å². The van der Waals surface area contributed by atoms with Crippen molar-refractivity contribution in [2.75, 3.05) is 6.54 Å². The molecule has 0 heterocycles. The number of carbonyl (C=O) groups excluding carboxylic acids is 1. The van der Waals surface area contributed by atoms with Crippen molar-refractivity contribution in [2.45, 2.75) is 27.7 Å². The molecule has 1 rings (SSSR count). The summed E-state index contributed by atoms with van der Waals surface area (Å²) < 4.78 is 0.795. The minimum Gasteiger partial charge on any atom is -0.352 e. The topological polar surface area (TPSA) is 29.1 Å². The van der Waals surface area contributed by atoms with Crippen molar-refractivity contribution in [3.63, 3.8) is 0 Å². The predicted octanol–water partition coefficient (Wildman–Crippen LogP) is 4.51. The van der Waals surface area contributed by atoms with E-state index in [9.17, 15) is 4.79 Å². The summed E-state index contributed by atoms with van der Waals surface area (Å²) in [6.45, 7) is 9.30. The van der Waals surface area contributed by atoms with Crippen molar-refractivity contribution in [3.8, 4) is 0 Å². The number of carbonyl (C=O) groups is 1. The first-order valence-electron chi connectivity index (χ1n) is 5.95. The van der Waals surface area contributed by atoms with Gasteiger partial charge in [0.2, 0.25) is 0 Å². The highest BCUT2D eigenvalue weighted by molar-refractivity contribution is 9.10. The minimum atomic E-state index is -0.0829. The van der Waals surface area contributed by atoms with Gasteiger partial charge < -0.3 is 5.32 Å². The second-order valence-electron chi connectivity index (χ2n) is 5.61. The van der Waals surface area contributed by atoms with Crippen LogP contribution < -0.4 is 5.32 Å². The molecule has 0 spiro atoms. The fourth-order valence-electron chi connectivity index (χ4n) is 1.29. The maximum absolute atomic E-state index is 12.0. The zero-order valence-corrected chi connectivity index (χ0v) is 13.5. The van der Waals surface area contributed by atoms with E-state index >= 15 is 0 Å². The molecule has 1 aromatic carbocycles. The molecule has 0 bridgehead atoms. The van der Waals surface area contributed by atoms with Gasteiger partial charge in [-0.3, -0.25) is 4.79 Å². The van der Waals surface area contributed by atoms with Gasteiger partial charge in [0, 0.05) is 16.6 Å². The van der Waals surface area contributed by atoms with Crippen LogP contribution in [0.25, 0.3) is 0 Å². The summed E-state index contributed by atoms with van der Waals surface area (Å²) in [5.74, 6) is 0.327. The van der Waals surface area contributed by atoms with Crippen LogP contribution in [0.4, 0.5) is 0 Å². The van der Waals surface area contributed by atoms with E-state index in [1.165, 1.54) is 0 Å². The fourth-order valence-corrected chi connectivity index (χ4v) is 1.72. The molecular formula is C14H19BrClNO. The normalized spacial score (nSPS) is 13.2. The number of benzene rings is 1. The quantitative estimate of drug-likeness (QED) is 0.866. The van der Waals surface area contributed by atoms with Crippen LogP contribution in [0, 0.1) is 11.3 Å². The van der Waals surface area contributed by atoms with Gasteiger partial charge in [0.15, 0.2) is 0 Å². The third-order valence-corrected chi connectivity index (χ3v) is 4.46. The van der Waals surface area contributed by atoms with Crippen LogP contribution in [-0.2, 0) is 0 Å². The summed E-state index contributed by atoms with van der Waals surface area (Å²) >= 11 is 9.27. The van der Waals surface area contributed by atoms with Crippen molar-refractivity contribution in [1.82, 2.24) is 5.32 Å². The monoisotopic (exact) mass is 331 g/mol. The molecule has 1 unspecified atom stereocenters. The highest BCUT2D eigenvalue weighted by Crippen LogP contribution is 2.25. The number of nitrogens with one attached hydrogen (secondary N) is 1. The molecule has 0 fully saturated rings. The van der Waals surface area contributed by atoms with Crippen molar-refractivity contribution in [2.24, 2.45) is 11.3 Å². The first kappa shape index (κ1) is 15.5. The molecule has 0 radical (unpaired) electrons. The summed E-state index contributed by atoms with van der Waals surface area (Å²) in [6.07, 6.45) is 0. The van der Waals surface area contributed by atoms with Crippen molar-refractivity contribution < 1.29 is 4.79 Å². The summed E-state index contributed by atoms with van der Waals surface area (Å²) in [5, 5.41) is 3.49. The molecule has 18 heavy (non-hydrogen) atoms. The molecule has 4 heteroatoms. The minimum absolute atomic E-state index is 0.0829. The van der Waals surface area contributed by atoms with Crippen LogP contribution in [0.1, 0.15) is 38.1 Å². The summed E-state index contributed by atoms with van der Waals surface area (Å²) in [5.41, 5.74) is 0.772. The maximum Gasteiger partial charge on any atom is 0.251 e. The number of hydrogen-bond acceptors (Lipinski definition) is 1. The van der Waals surface area contributed by atoms with Crippen LogP contribution in [0.5, 0.6) is 0 Å². The number of rotatable bonds is 3. The van der Waals surface area contributed by atoms with Gasteiger partial charge in [-0.15, -0.1) is 0 Å². The average molecular weight is 333 g/mol. The molecule has 0 aliphatic heterocycles. The lowest BCUT2D eigenvalue weighted by molar-refractivity contribution is 0.0937. The Morgan fingerprint density at radius 2 is 2.06 bits per heavy atom. The SMILES string of the molecule is CC(CNC(=O)c1ccc(Br)c(Cl)c1)C(C)(C)C. The van der Waals surface area contributed by atoms with Crippen molar-refractivity contribution >= 4 is 33.4 Å². The molecule has 1 atom stereocenters. The molecule has 0 aromatic heterocycles. The lowest BCUT2D eigenvalue weighted by Crippen LogP contribution is -2.33. The van der Waals surface area contributed by atoms with Gasteiger partial charge in [-0.25, -0.2) is 0 Å². The number of halogens is 2. The van der Waals surface area contributed by atoms with Gasteiger partial charge in [0.05, 0.1) is 5.02 Å².